The fourth-order valence-electron chi connectivity index (χ4n) is 2.63. The minimum absolute atomic E-state index is 0.267. The van der Waals surface area contributed by atoms with E-state index in [4.69, 9.17) is 14.2 Å². The first-order valence-electron chi connectivity index (χ1n) is 8.43. The highest BCUT2D eigenvalue weighted by atomic mass is 32.1. The summed E-state index contributed by atoms with van der Waals surface area (Å²) in [4.78, 5) is 27.4. The van der Waals surface area contributed by atoms with Crippen LogP contribution in [0.2, 0.25) is 0 Å². The van der Waals surface area contributed by atoms with Crippen LogP contribution >= 0.6 is 11.3 Å². The molecule has 1 aromatic heterocycles. The fraction of sp³-hybridized carbons (Fsp3) is 0.733. The summed E-state index contributed by atoms with van der Waals surface area (Å²) in [5, 5.41) is 8.72. The van der Waals surface area contributed by atoms with E-state index in [1.165, 1.54) is 9.80 Å². The van der Waals surface area contributed by atoms with Crippen LogP contribution in [0.1, 0.15) is 32.6 Å². The van der Waals surface area contributed by atoms with Gasteiger partial charge in [0.2, 0.25) is 11.4 Å². The number of hydrogen-bond donors (Lipinski definition) is 0. The molecule has 2 fully saturated rings. The molecule has 25 heavy (non-hydrogen) atoms. The standard InChI is InChI=1S/C15H22N4O5S/c1-3-4-7-23-14-17-16-13(25-14)19-11(9-18(2)15(19)21)24-12(20)10-6-5-8-22-10/h10-11H,3-9H2,1-2H3. The van der Waals surface area contributed by atoms with E-state index in [0.29, 0.717) is 30.0 Å². The molecular formula is C15H22N4O5S. The van der Waals surface area contributed by atoms with Crippen LogP contribution in [-0.4, -0.2) is 66.2 Å². The largest absolute Gasteiger partial charge is 0.469 e. The summed E-state index contributed by atoms with van der Waals surface area (Å²) in [5.74, 6) is -0.445. The molecule has 2 aliphatic rings. The van der Waals surface area contributed by atoms with Gasteiger partial charge in [-0.15, -0.1) is 5.10 Å². The second-order valence-electron chi connectivity index (χ2n) is 5.98. The molecule has 2 saturated heterocycles. The SMILES string of the molecule is CCCCOc1nnc(N2C(=O)N(C)CC2OC(=O)C2CCCO2)s1. The maximum atomic E-state index is 12.4. The number of carbonyl (C=O) groups excluding carboxylic acids is 2. The highest BCUT2D eigenvalue weighted by Crippen LogP contribution is 2.31. The Kier molecular flexibility index (Phi) is 5.69. The first-order valence-corrected chi connectivity index (χ1v) is 9.24. The van der Waals surface area contributed by atoms with Crippen LogP contribution in [-0.2, 0) is 14.3 Å². The topological polar surface area (TPSA) is 94.1 Å². The van der Waals surface area contributed by atoms with Gasteiger partial charge in [0.15, 0.2) is 6.10 Å². The smallest absolute Gasteiger partial charge is 0.337 e. The molecule has 0 radical (unpaired) electrons. The average Bonchev–Trinajstić information content (AvgIpc) is 3.30. The van der Waals surface area contributed by atoms with Crippen molar-refractivity contribution in [1.29, 1.82) is 0 Å². The van der Waals surface area contributed by atoms with Crippen molar-refractivity contribution in [2.24, 2.45) is 0 Å². The van der Waals surface area contributed by atoms with E-state index in [1.807, 2.05) is 0 Å². The molecule has 2 unspecified atom stereocenters. The van der Waals surface area contributed by atoms with Gasteiger partial charge >= 0.3 is 12.0 Å². The van der Waals surface area contributed by atoms with Crippen LogP contribution in [0.15, 0.2) is 0 Å². The van der Waals surface area contributed by atoms with Crippen LogP contribution in [0.3, 0.4) is 0 Å². The number of anilines is 1. The highest BCUT2D eigenvalue weighted by molar-refractivity contribution is 7.17. The number of ether oxygens (including phenoxy) is 3. The zero-order chi connectivity index (χ0) is 17.8. The number of unbranched alkanes of at least 4 members (excludes halogenated alkanes) is 1. The molecule has 0 spiro atoms. The summed E-state index contributed by atoms with van der Waals surface area (Å²) in [6.45, 7) is 3.45. The zero-order valence-corrected chi connectivity index (χ0v) is 15.2. The summed E-state index contributed by atoms with van der Waals surface area (Å²) in [5.41, 5.74) is 0. The Bertz CT molecular complexity index is 619. The molecule has 0 N–H and O–H groups in total. The van der Waals surface area contributed by atoms with E-state index < -0.39 is 18.3 Å². The average molecular weight is 370 g/mol. The second-order valence-corrected chi connectivity index (χ2v) is 6.90. The summed E-state index contributed by atoms with van der Waals surface area (Å²) in [6.07, 6.45) is 2.12. The zero-order valence-electron chi connectivity index (χ0n) is 14.3. The number of aromatic nitrogens is 2. The van der Waals surface area contributed by atoms with Crippen LogP contribution < -0.4 is 9.64 Å². The fourth-order valence-corrected chi connectivity index (χ4v) is 3.39. The lowest BCUT2D eigenvalue weighted by atomic mass is 10.2. The molecule has 1 aromatic rings. The third kappa shape index (κ3) is 4.01. The van der Waals surface area contributed by atoms with Crippen LogP contribution in [0, 0.1) is 0 Å². The Morgan fingerprint density at radius 3 is 3.00 bits per heavy atom. The Hall–Kier alpha value is -1.94. The number of hydrogen-bond acceptors (Lipinski definition) is 8. The van der Waals surface area contributed by atoms with E-state index in [2.05, 4.69) is 17.1 Å². The molecule has 2 atom stereocenters. The van der Waals surface area contributed by atoms with Crippen molar-refractivity contribution in [3.63, 3.8) is 0 Å². The molecule has 10 heteroatoms. The van der Waals surface area contributed by atoms with Gasteiger partial charge in [-0.1, -0.05) is 18.4 Å². The van der Waals surface area contributed by atoms with E-state index in [0.717, 1.165) is 30.6 Å². The summed E-state index contributed by atoms with van der Waals surface area (Å²) < 4.78 is 16.4. The third-order valence-electron chi connectivity index (χ3n) is 4.02. The Morgan fingerprint density at radius 2 is 2.28 bits per heavy atom. The van der Waals surface area contributed by atoms with Crippen molar-refractivity contribution in [3.05, 3.63) is 0 Å². The van der Waals surface area contributed by atoms with Gasteiger partial charge in [-0.25, -0.2) is 14.5 Å². The lowest BCUT2D eigenvalue weighted by Gasteiger charge is -2.21. The Morgan fingerprint density at radius 1 is 1.44 bits per heavy atom. The molecule has 0 bridgehead atoms. The van der Waals surface area contributed by atoms with Crippen LogP contribution in [0.5, 0.6) is 5.19 Å². The molecule has 0 aliphatic carbocycles. The first kappa shape index (κ1) is 17.9. The van der Waals surface area contributed by atoms with E-state index in [9.17, 15) is 9.59 Å². The van der Waals surface area contributed by atoms with Crippen molar-refractivity contribution in [3.8, 4) is 5.19 Å². The van der Waals surface area contributed by atoms with Crippen LogP contribution in [0.4, 0.5) is 9.93 Å². The Balaban J connectivity index is 1.68. The Labute approximate surface area is 149 Å². The molecule has 3 heterocycles. The number of esters is 1. The molecule has 9 nitrogen and oxygen atoms in total. The van der Waals surface area contributed by atoms with Crippen molar-refractivity contribution in [2.45, 2.75) is 44.9 Å². The number of nitrogens with zero attached hydrogens (tertiary/aromatic N) is 4. The minimum atomic E-state index is -0.745. The van der Waals surface area contributed by atoms with Crippen LogP contribution in [0.25, 0.3) is 0 Å². The van der Waals surface area contributed by atoms with Crippen molar-refractivity contribution < 1.29 is 23.8 Å². The molecule has 2 amide bonds. The number of urea groups is 1. The third-order valence-corrected chi connectivity index (χ3v) is 4.86. The van der Waals surface area contributed by atoms with Gasteiger partial charge in [0.25, 0.3) is 5.19 Å². The predicted molar refractivity (Wildman–Crippen MR) is 89.7 cm³/mol. The first-order chi connectivity index (χ1) is 12.1. The van der Waals surface area contributed by atoms with E-state index in [-0.39, 0.29) is 12.6 Å². The van der Waals surface area contributed by atoms with E-state index >= 15 is 0 Å². The lowest BCUT2D eigenvalue weighted by Crippen LogP contribution is -2.39. The van der Waals surface area contributed by atoms with E-state index in [1.54, 1.807) is 7.05 Å². The quantitative estimate of drug-likeness (QED) is 0.532. The summed E-state index contributed by atoms with van der Waals surface area (Å²) in [6, 6.07) is -0.290. The summed E-state index contributed by atoms with van der Waals surface area (Å²) in [7, 11) is 1.65. The molecular weight excluding hydrogens is 348 g/mol. The monoisotopic (exact) mass is 370 g/mol. The molecule has 138 valence electrons. The van der Waals surface area contributed by atoms with Gasteiger partial charge in [-0.2, -0.15) is 0 Å². The number of likely N-dealkylation sites (N-methyl/N-ethyl adjacent to an activating group) is 1. The van der Waals surface area contributed by atoms with Crippen molar-refractivity contribution >= 4 is 28.5 Å². The van der Waals surface area contributed by atoms with Gasteiger partial charge in [0, 0.05) is 13.7 Å². The van der Waals surface area contributed by atoms with Gasteiger partial charge in [-0.05, 0) is 30.6 Å². The number of amides is 2. The number of carbonyl (C=O) groups is 2. The van der Waals surface area contributed by atoms with Crippen molar-refractivity contribution in [1.82, 2.24) is 15.1 Å². The van der Waals surface area contributed by atoms with Gasteiger partial charge in [0.1, 0.15) is 0 Å². The maximum Gasteiger partial charge on any atom is 0.337 e. The number of rotatable bonds is 7. The molecule has 2 aliphatic heterocycles. The summed E-state index contributed by atoms with van der Waals surface area (Å²) >= 11 is 1.16. The lowest BCUT2D eigenvalue weighted by molar-refractivity contribution is -0.158. The van der Waals surface area contributed by atoms with Gasteiger partial charge in [0.05, 0.1) is 13.2 Å². The van der Waals surface area contributed by atoms with Gasteiger partial charge in [-0.3, -0.25) is 0 Å². The normalized spacial score (nSPS) is 23.4. The van der Waals surface area contributed by atoms with Crippen molar-refractivity contribution in [2.75, 3.05) is 31.7 Å². The second kappa shape index (κ2) is 7.96. The molecule has 3 rings (SSSR count). The molecule has 0 aromatic carbocycles. The predicted octanol–water partition coefficient (Wildman–Crippen LogP) is 1.64. The minimum Gasteiger partial charge on any atom is -0.469 e. The highest BCUT2D eigenvalue weighted by Gasteiger charge is 2.42. The molecule has 0 saturated carbocycles. The maximum absolute atomic E-state index is 12.4. The van der Waals surface area contributed by atoms with Gasteiger partial charge < -0.3 is 19.1 Å².